The van der Waals surface area contributed by atoms with Crippen molar-refractivity contribution >= 4 is 15.9 Å². The maximum absolute atomic E-state index is 13.8. The number of hydrogen-bond donors (Lipinski definition) is 1. The smallest absolute Gasteiger partial charge is 0.220 e. The second-order valence-corrected chi connectivity index (χ2v) is 8.51. The Morgan fingerprint density at radius 2 is 2.00 bits per heavy atom. The Bertz CT molecular complexity index is 958. The number of carbonyl (C=O) groups excluding carboxylic acids is 1. The zero-order valence-electron chi connectivity index (χ0n) is 15.6. The van der Waals surface area contributed by atoms with Gasteiger partial charge in [-0.3, -0.25) is 4.79 Å². The predicted molar refractivity (Wildman–Crippen MR) is 99.4 cm³/mol. The van der Waals surface area contributed by atoms with Crippen LogP contribution in [0.5, 0.6) is 0 Å². The van der Waals surface area contributed by atoms with Crippen molar-refractivity contribution in [2.45, 2.75) is 12.8 Å². The van der Waals surface area contributed by atoms with Crippen molar-refractivity contribution in [2.75, 3.05) is 38.6 Å². The normalized spacial score (nSPS) is 15.4. The van der Waals surface area contributed by atoms with Crippen molar-refractivity contribution in [3.63, 3.8) is 0 Å². The molecule has 29 heavy (non-hydrogen) atoms. The molecule has 0 atom stereocenters. The van der Waals surface area contributed by atoms with Crippen LogP contribution in [-0.4, -0.2) is 62.2 Å². The molecule has 2 heterocycles. The summed E-state index contributed by atoms with van der Waals surface area (Å²) >= 11 is 0. The van der Waals surface area contributed by atoms with Crippen LogP contribution in [0, 0.1) is 11.6 Å². The number of morpholine rings is 1. The number of oxazole rings is 1. The zero-order chi connectivity index (χ0) is 20.9. The Kier molecular flexibility index (Phi) is 6.93. The van der Waals surface area contributed by atoms with Crippen molar-refractivity contribution in [1.29, 1.82) is 0 Å². The van der Waals surface area contributed by atoms with E-state index in [2.05, 4.69) is 10.3 Å². The number of sulfonamides is 1. The number of nitrogens with zero attached hydrogens (tertiary/aromatic N) is 2. The van der Waals surface area contributed by atoms with Gasteiger partial charge in [0.2, 0.25) is 15.9 Å². The van der Waals surface area contributed by atoms with E-state index in [-0.39, 0.29) is 48.3 Å². The molecule has 8 nitrogen and oxygen atoms in total. The molecule has 0 spiro atoms. The third-order valence-corrected chi connectivity index (χ3v) is 6.23. The first-order valence-electron chi connectivity index (χ1n) is 9.07. The van der Waals surface area contributed by atoms with E-state index in [1.165, 1.54) is 16.6 Å². The Labute approximate surface area is 166 Å². The number of benzene rings is 1. The highest BCUT2D eigenvalue weighted by Gasteiger charge is 2.24. The average molecular weight is 429 g/mol. The van der Waals surface area contributed by atoms with Gasteiger partial charge in [-0.05, 0) is 12.1 Å². The van der Waals surface area contributed by atoms with E-state index in [1.807, 2.05) is 0 Å². The van der Waals surface area contributed by atoms with Crippen molar-refractivity contribution < 1.29 is 31.1 Å². The number of hydrogen-bond acceptors (Lipinski definition) is 6. The lowest BCUT2D eigenvalue weighted by molar-refractivity contribution is -0.121. The van der Waals surface area contributed by atoms with Crippen LogP contribution in [0.25, 0.3) is 11.3 Å². The van der Waals surface area contributed by atoms with E-state index in [0.29, 0.717) is 26.3 Å². The fraction of sp³-hybridized carbons (Fsp3) is 0.444. The van der Waals surface area contributed by atoms with Crippen LogP contribution in [0.1, 0.15) is 12.3 Å². The summed E-state index contributed by atoms with van der Waals surface area (Å²) in [6, 6.07) is 3.10. The number of rotatable bonds is 8. The van der Waals surface area contributed by atoms with E-state index in [0.717, 1.165) is 12.1 Å². The summed E-state index contributed by atoms with van der Waals surface area (Å²) in [6.45, 7) is 1.36. The molecule has 1 saturated heterocycles. The van der Waals surface area contributed by atoms with Gasteiger partial charge in [0.1, 0.15) is 11.6 Å². The molecule has 0 saturated carbocycles. The quantitative estimate of drug-likeness (QED) is 0.679. The van der Waals surface area contributed by atoms with Crippen LogP contribution in [-0.2, 0) is 26.0 Å². The van der Waals surface area contributed by atoms with E-state index >= 15 is 0 Å². The monoisotopic (exact) mass is 429 g/mol. The van der Waals surface area contributed by atoms with Gasteiger partial charge >= 0.3 is 0 Å². The average Bonchev–Trinajstić information content (AvgIpc) is 3.15. The van der Waals surface area contributed by atoms with E-state index < -0.39 is 21.7 Å². The highest BCUT2D eigenvalue weighted by molar-refractivity contribution is 7.89. The van der Waals surface area contributed by atoms with Gasteiger partial charge in [0, 0.05) is 38.5 Å². The van der Waals surface area contributed by atoms with E-state index in [4.69, 9.17) is 9.15 Å². The maximum atomic E-state index is 13.8. The molecule has 0 radical (unpaired) electrons. The topological polar surface area (TPSA) is 102 Å². The van der Waals surface area contributed by atoms with Gasteiger partial charge in [0.15, 0.2) is 11.7 Å². The first-order valence-corrected chi connectivity index (χ1v) is 10.7. The number of nitrogens with one attached hydrogen (secondary N) is 1. The summed E-state index contributed by atoms with van der Waals surface area (Å²) in [5, 5.41) is 2.55. The minimum Gasteiger partial charge on any atom is -0.441 e. The van der Waals surface area contributed by atoms with Gasteiger partial charge in [-0.25, -0.2) is 22.2 Å². The van der Waals surface area contributed by atoms with Gasteiger partial charge in [0.25, 0.3) is 0 Å². The largest absolute Gasteiger partial charge is 0.441 e. The lowest BCUT2D eigenvalue weighted by atomic mass is 10.2. The molecule has 3 rings (SSSR count). The Hall–Kier alpha value is -2.37. The lowest BCUT2D eigenvalue weighted by Crippen LogP contribution is -2.43. The number of ether oxygens (including phenoxy) is 1. The SMILES string of the molecule is O=C(CCc1ncc(-c2ccc(F)cc2F)o1)NCCS(=O)(=O)N1CCOCC1. The Morgan fingerprint density at radius 3 is 2.72 bits per heavy atom. The maximum Gasteiger partial charge on any atom is 0.220 e. The van der Waals surface area contributed by atoms with Crippen LogP contribution in [0.15, 0.2) is 28.8 Å². The second kappa shape index (κ2) is 9.42. The fourth-order valence-electron chi connectivity index (χ4n) is 2.82. The molecule has 1 aliphatic heterocycles. The fourth-order valence-corrected chi connectivity index (χ4v) is 4.15. The molecule has 1 amide bonds. The minimum atomic E-state index is -3.44. The molecule has 0 aliphatic carbocycles. The molecular formula is C18H21F2N3O5S. The number of amides is 1. The number of aromatic nitrogens is 1. The third kappa shape index (κ3) is 5.81. The van der Waals surface area contributed by atoms with Crippen molar-refractivity contribution in [3.8, 4) is 11.3 Å². The summed E-state index contributed by atoms with van der Waals surface area (Å²) < 4.78 is 63.0. The molecule has 2 aromatic rings. The first kappa shape index (κ1) is 21.3. The van der Waals surface area contributed by atoms with Crippen LogP contribution < -0.4 is 5.32 Å². The Morgan fingerprint density at radius 1 is 1.24 bits per heavy atom. The zero-order valence-corrected chi connectivity index (χ0v) is 16.4. The van der Waals surface area contributed by atoms with Crippen LogP contribution in [0.4, 0.5) is 8.78 Å². The third-order valence-electron chi connectivity index (χ3n) is 4.36. The van der Waals surface area contributed by atoms with Crippen molar-refractivity contribution in [2.24, 2.45) is 0 Å². The number of carbonyl (C=O) groups is 1. The summed E-state index contributed by atoms with van der Waals surface area (Å²) in [7, 11) is -3.44. The second-order valence-electron chi connectivity index (χ2n) is 6.42. The van der Waals surface area contributed by atoms with Crippen LogP contribution in [0.3, 0.4) is 0 Å². The number of halogens is 2. The van der Waals surface area contributed by atoms with Gasteiger partial charge in [-0.15, -0.1) is 0 Å². The molecule has 0 unspecified atom stereocenters. The molecule has 1 N–H and O–H groups in total. The standard InChI is InChI=1S/C18H21F2N3O5S/c19-13-1-2-14(15(20)11-13)16-12-22-18(28-16)4-3-17(24)21-5-10-29(25,26)23-6-8-27-9-7-23/h1-2,11-12H,3-10H2,(H,21,24). The van der Waals surface area contributed by atoms with Gasteiger partial charge in [0.05, 0.1) is 30.7 Å². The predicted octanol–water partition coefficient (Wildman–Crippen LogP) is 1.33. The summed E-state index contributed by atoms with van der Waals surface area (Å²) in [4.78, 5) is 15.9. The minimum absolute atomic E-state index is 0.00382. The van der Waals surface area contributed by atoms with Crippen molar-refractivity contribution in [1.82, 2.24) is 14.6 Å². The summed E-state index contributed by atoms with van der Waals surface area (Å²) in [6.07, 6.45) is 1.49. The molecule has 158 valence electrons. The van der Waals surface area contributed by atoms with Gasteiger partial charge in [-0.1, -0.05) is 0 Å². The van der Waals surface area contributed by atoms with Crippen LogP contribution >= 0.6 is 0 Å². The number of aryl methyl sites for hydroxylation is 1. The summed E-state index contributed by atoms with van der Waals surface area (Å²) in [5.41, 5.74) is 0.0721. The van der Waals surface area contributed by atoms with E-state index in [9.17, 15) is 22.0 Å². The summed E-state index contributed by atoms with van der Waals surface area (Å²) in [5.74, 6) is -1.65. The molecule has 1 fully saturated rings. The lowest BCUT2D eigenvalue weighted by Gasteiger charge is -2.26. The highest BCUT2D eigenvalue weighted by Crippen LogP contribution is 2.24. The molecule has 1 aromatic carbocycles. The molecule has 11 heteroatoms. The molecular weight excluding hydrogens is 408 g/mol. The highest BCUT2D eigenvalue weighted by atomic mass is 32.2. The van der Waals surface area contributed by atoms with Crippen LogP contribution in [0.2, 0.25) is 0 Å². The first-order chi connectivity index (χ1) is 13.8. The molecule has 0 bridgehead atoms. The van der Waals surface area contributed by atoms with Gasteiger partial charge in [-0.2, -0.15) is 4.31 Å². The van der Waals surface area contributed by atoms with Crippen molar-refractivity contribution in [3.05, 3.63) is 41.9 Å². The Balaban J connectivity index is 1.44. The van der Waals surface area contributed by atoms with Gasteiger partial charge < -0.3 is 14.5 Å². The van der Waals surface area contributed by atoms with E-state index in [1.54, 1.807) is 0 Å². The molecule has 1 aliphatic rings. The molecule has 1 aromatic heterocycles.